The lowest BCUT2D eigenvalue weighted by molar-refractivity contribution is 0.102. The summed E-state index contributed by atoms with van der Waals surface area (Å²) >= 11 is 7.97. The number of rotatable bonds is 2. The molecule has 98 valence electrons. The summed E-state index contributed by atoms with van der Waals surface area (Å²) in [4.78, 5) is 12.2. The van der Waals surface area contributed by atoms with E-state index in [0.717, 1.165) is 3.57 Å². The molecule has 0 radical (unpaired) electrons. The largest absolute Gasteiger partial charge is 0.508 e. The number of hydrogen-bond acceptors (Lipinski definition) is 2. The molecular weight excluding hydrogens is 377 g/mol. The molecule has 0 fully saturated rings. The number of anilines is 1. The van der Waals surface area contributed by atoms with Crippen molar-refractivity contribution in [3.05, 3.63) is 56.1 Å². The first-order chi connectivity index (χ1) is 8.99. The molecule has 0 saturated carbocycles. The molecule has 0 atom stereocenters. The van der Waals surface area contributed by atoms with Gasteiger partial charge in [-0.1, -0.05) is 17.7 Å². The number of aromatic hydroxyl groups is 1. The standard InChI is InChI=1S/C14H11ClINO2/c1-8-10(3-2-4-13(8)18)14(19)17-12-6-5-9(15)7-11(12)16/h2-7,18H,1H3,(H,17,19). The molecular formula is C14H11ClINO2. The van der Waals surface area contributed by atoms with Crippen LogP contribution in [0.2, 0.25) is 5.02 Å². The molecule has 0 unspecified atom stereocenters. The quantitative estimate of drug-likeness (QED) is 0.758. The molecule has 5 heteroatoms. The van der Waals surface area contributed by atoms with E-state index in [4.69, 9.17) is 11.6 Å². The molecule has 2 aromatic carbocycles. The number of phenols is 1. The second-order valence-corrected chi connectivity index (χ2v) is 5.63. The normalized spacial score (nSPS) is 10.3. The predicted molar refractivity (Wildman–Crippen MR) is 85.0 cm³/mol. The average molecular weight is 388 g/mol. The van der Waals surface area contributed by atoms with E-state index in [1.54, 1.807) is 43.3 Å². The number of hydrogen-bond donors (Lipinski definition) is 2. The first-order valence-electron chi connectivity index (χ1n) is 5.54. The van der Waals surface area contributed by atoms with Crippen molar-refractivity contribution in [2.45, 2.75) is 6.92 Å². The number of benzene rings is 2. The van der Waals surface area contributed by atoms with Crippen LogP contribution >= 0.6 is 34.2 Å². The molecule has 0 spiro atoms. The first kappa shape index (κ1) is 14.1. The Morgan fingerprint density at radius 2 is 2.05 bits per heavy atom. The van der Waals surface area contributed by atoms with Crippen LogP contribution in [0.1, 0.15) is 15.9 Å². The van der Waals surface area contributed by atoms with Crippen molar-refractivity contribution in [3.63, 3.8) is 0 Å². The summed E-state index contributed by atoms with van der Waals surface area (Å²) in [7, 11) is 0. The Morgan fingerprint density at radius 1 is 1.32 bits per heavy atom. The van der Waals surface area contributed by atoms with Gasteiger partial charge in [0.2, 0.25) is 0 Å². The summed E-state index contributed by atoms with van der Waals surface area (Å²) in [5, 5.41) is 13.0. The van der Waals surface area contributed by atoms with E-state index in [0.29, 0.717) is 21.8 Å². The summed E-state index contributed by atoms with van der Waals surface area (Å²) in [6.45, 7) is 1.71. The minimum Gasteiger partial charge on any atom is -0.508 e. The topological polar surface area (TPSA) is 49.3 Å². The van der Waals surface area contributed by atoms with E-state index >= 15 is 0 Å². The van der Waals surface area contributed by atoms with Crippen LogP contribution in [0.3, 0.4) is 0 Å². The Balaban J connectivity index is 2.28. The molecule has 3 nitrogen and oxygen atoms in total. The number of halogens is 2. The van der Waals surface area contributed by atoms with Crippen LogP contribution in [-0.2, 0) is 0 Å². The molecule has 0 bridgehead atoms. The lowest BCUT2D eigenvalue weighted by atomic mass is 10.1. The van der Waals surface area contributed by atoms with Crippen molar-refractivity contribution >= 4 is 45.8 Å². The van der Waals surface area contributed by atoms with Crippen molar-refractivity contribution in [1.29, 1.82) is 0 Å². The highest BCUT2D eigenvalue weighted by molar-refractivity contribution is 14.1. The van der Waals surface area contributed by atoms with Gasteiger partial charge in [-0.05, 0) is 59.8 Å². The van der Waals surface area contributed by atoms with E-state index < -0.39 is 0 Å². The molecule has 2 N–H and O–H groups in total. The summed E-state index contributed by atoms with van der Waals surface area (Å²) in [5.74, 6) is -0.146. The van der Waals surface area contributed by atoms with Gasteiger partial charge in [0.1, 0.15) is 5.75 Å². The number of carbonyl (C=O) groups is 1. The van der Waals surface area contributed by atoms with Crippen LogP contribution in [0, 0.1) is 10.5 Å². The number of phenolic OH excluding ortho intramolecular Hbond substituents is 1. The van der Waals surface area contributed by atoms with Gasteiger partial charge in [0, 0.05) is 19.7 Å². The lowest BCUT2D eigenvalue weighted by Gasteiger charge is -2.10. The Bertz CT molecular complexity index is 643. The molecule has 0 saturated heterocycles. The maximum atomic E-state index is 12.2. The molecule has 0 aromatic heterocycles. The summed E-state index contributed by atoms with van der Waals surface area (Å²) < 4.78 is 0.858. The number of nitrogens with one attached hydrogen (secondary N) is 1. The Morgan fingerprint density at radius 3 is 2.74 bits per heavy atom. The third-order valence-electron chi connectivity index (χ3n) is 2.73. The summed E-state index contributed by atoms with van der Waals surface area (Å²) in [5.41, 5.74) is 1.70. The van der Waals surface area contributed by atoms with Crippen molar-refractivity contribution in [1.82, 2.24) is 0 Å². The molecule has 0 aliphatic rings. The maximum absolute atomic E-state index is 12.2. The molecule has 19 heavy (non-hydrogen) atoms. The zero-order valence-corrected chi connectivity index (χ0v) is 13.0. The van der Waals surface area contributed by atoms with Crippen LogP contribution in [0.5, 0.6) is 5.75 Å². The van der Waals surface area contributed by atoms with Gasteiger partial charge in [0.15, 0.2) is 0 Å². The van der Waals surface area contributed by atoms with E-state index in [9.17, 15) is 9.90 Å². The van der Waals surface area contributed by atoms with Crippen LogP contribution < -0.4 is 5.32 Å². The van der Waals surface area contributed by atoms with Gasteiger partial charge in [0.05, 0.1) is 5.69 Å². The second kappa shape index (κ2) is 5.79. The molecule has 2 rings (SSSR count). The summed E-state index contributed by atoms with van der Waals surface area (Å²) in [6.07, 6.45) is 0. The van der Waals surface area contributed by atoms with Crippen molar-refractivity contribution in [2.75, 3.05) is 5.32 Å². The van der Waals surface area contributed by atoms with Crippen LogP contribution in [0.25, 0.3) is 0 Å². The lowest BCUT2D eigenvalue weighted by Crippen LogP contribution is -2.14. The highest BCUT2D eigenvalue weighted by Crippen LogP contribution is 2.24. The van der Waals surface area contributed by atoms with E-state index in [-0.39, 0.29) is 11.7 Å². The Hall–Kier alpha value is -1.27. The molecule has 1 amide bonds. The predicted octanol–water partition coefficient (Wildman–Crippen LogP) is 4.21. The van der Waals surface area contributed by atoms with Crippen molar-refractivity contribution < 1.29 is 9.90 Å². The Kier molecular flexibility index (Phi) is 4.31. The van der Waals surface area contributed by atoms with Gasteiger partial charge in [-0.2, -0.15) is 0 Å². The van der Waals surface area contributed by atoms with Crippen LogP contribution in [0.4, 0.5) is 5.69 Å². The zero-order valence-electron chi connectivity index (χ0n) is 10.1. The van der Waals surface area contributed by atoms with Crippen molar-refractivity contribution in [2.24, 2.45) is 0 Å². The first-order valence-corrected chi connectivity index (χ1v) is 6.99. The monoisotopic (exact) mass is 387 g/mol. The fourth-order valence-electron chi connectivity index (χ4n) is 1.65. The highest BCUT2D eigenvalue weighted by atomic mass is 127. The van der Waals surface area contributed by atoms with Crippen LogP contribution in [-0.4, -0.2) is 11.0 Å². The molecule has 0 heterocycles. The summed E-state index contributed by atoms with van der Waals surface area (Å²) in [6, 6.07) is 10.1. The number of amides is 1. The highest BCUT2D eigenvalue weighted by Gasteiger charge is 2.12. The van der Waals surface area contributed by atoms with Gasteiger partial charge in [-0.15, -0.1) is 0 Å². The van der Waals surface area contributed by atoms with Crippen LogP contribution in [0.15, 0.2) is 36.4 Å². The Labute approximate surface area is 129 Å². The van der Waals surface area contributed by atoms with Gasteiger partial charge < -0.3 is 10.4 Å². The number of carbonyl (C=O) groups excluding carboxylic acids is 1. The van der Waals surface area contributed by atoms with E-state index in [2.05, 4.69) is 27.9 Å². The van der Waals surface area contributed by atoms with E-state index in [1.807, 2.05) is 0 Å². The van der Waals surface area contributed by atoms with Gasteiger partial charge in [0.25, 0.3) is 5.91 Å². The molecule has 2 aromatic rings. The zero-order chi connectivity index (χ0) is 14.0. The third-order valence-corrected chi connectivity index (χ3v) is 3.86. The second-order valence-electron chi connectivity index (χ2n) is 4.03. The fourth-order valence-corrected chi connectivity index (χ4v) is 2.66. The smallest absolute Gasteiger partial charge is 0.256 e. The van der Waals surface area contributed by atoms with Gasteiger partial charge in [-0.25, -0.2) is 0 Å². The SMILES string of the molecule is Cc1c(O)cccc1C(=O)Nc1ccc(Cl)cc1I. The van der Waals surface area contributed by atoms with E-state index in [1.165, 1.54) is 0 Å². The maximum Gasteiger partial charge on any atom is 0.256 e. The van der Waals surface area contributed by atoms with Gasteiger partial charge >= 0.3 is 0 Å². The molecule has 0 aliphatic carbocycles. The molecule has 0 aliphatic heterocycles. The third kappa shape index (κ3) is 3.19. The van der Waals surface area contributed by atoms with Gasteiger partial charge in [-0.3, -0.25) is 4.79 Å². The minimum absolute atomic E-state index is 0.110. The average Bonchev–Trinajstić information content (AvgIpc) is 2.36. The minimum atomic E-state index is -0.256. The fraction of sp³-hybridized carbons (Fsp3) is 0.0714. The van der Waals surface area contributed by atoms with Crippen molar-refractivity contribution in [3.8, 4) is 5.75 Å².